The second kappa shape index (κ2) is 8.90. The molecule has 2 aromatic carbocycles. The average Bonchev–Trinajstić information content (AvgIpc) is 3.19. The smallest absolute Gasteiger partial charge is 0.253 e. The highest BCUT2D eigenvalue weighted by Crippen LogP contribution is 2.23. The number of carbonyl (C=O) groups is 1. The van der Waals surface area contributed by atoms with Gasteiger partial charge in [0.1, 0.15) is 5.75 Å². The summed E-state index contributed by atoms with van der Waals surface area (Å²) in [5.74, 6) is 2.41. The van der Waals surface area contributed by atoms with Gasteiger partial charge in [0.2, 0.25) is 11.7 Å². The Hall–Kier alpha value is -3.15. The lowest BCUT2D eigenvalue weighted by atomic mass is 9.90. The van der Waals surface area contributed by atoms with Crippen molar-refractivity contribution in [1.82, 2.24) is 15.0 Å². The lowest BCUT2D eigenvalue weighted by Gasteiger charge is -2.32. The van der Waals surface area contributed by atoms with Crippen molar-refractivity contribution in [2.45, 2.75) is 32.8 Å². The summed E-state index contributed by atoms with van der Waals surface area (Å²) in [6.07, 6.45) is 3.19. The Bertz CT molecular complexity index is 930. The van der Waals surface area contributed by atoms with Crippen LogP contribution >= 0.6 is 0 Å². The van der Waals surface area contributed by atoms with E-state index in [1.54, 1.807) is 6.92 Å². The SMILES string of the molecule is Cc1nc(COc2ccc(C(=O)N3CCC(Cc4ccccc4)CC3)cc2)no1. The van der Waals surface area contributed by atoms with Crippen LogP contribution in [0.15, 0.2) is 59.1 Å². The molecular formula is C23H25N3O3. The summed E-state index contributed by atoms with van der Waals surface area (Å²) >= 11 is 0. The molecule has 0 bridgehead atoms. The summed E-state index contributed by atoms with van der Waals surface area (Å²) < 4.78 is 10.6. The Balaban J connectivity index is 1.27. The van der Waals surface area contributed by atoms with Gasteiger partial charge in [-0.15, -0.1) is 0 Å². The number of likely N-dealkylation sites (tertiary alicyclic amines) is 1. The number of nitrogens with zero attached hydrogens (tertiary/aromatic N) is 3. The van der Waals surface area contributed by atoms with Crippen LogP contribution in [0.4, 0.5) is 0 Å². The third kappa shape index (κ3) is 5.02. The Kier molecular flexibility index (Phi) is 5.89. The molecule has 6 nitrogen and oxygen atoms in total. The van der Waals surface area contributed by atoms with Crippen LogP contribution in [-0.2, 0) is 13.0 Å². The first-order chi connectivity index (χ1) is 14.2. The van der Waals surface area contributed by atoms with Gasteiger partial charge in [0.05, 0.1) is 0 Å². The number of carbonyl (C=O) groups excluding carboxylic acids is 1. The van der Waals surface area contributed by atoms with Crippen molar-refractivity contribution in [3.05, 3.63) is 77.4 Å². The number of aryl methyl sites for hydroxylation is 1. The van der Waals surface area contributed by atoms with Gasteiger partial charge < -0.3 is 14.2 Å². The van der Waals surface area contributed by atoms with Crippen LogP contribution in [0, 0.1) is 12.8 Å². The van der Waals surface area contributed by atoms with Gasteiger partial charge in [-0.1, -0.05) is 35.5 Å². The van der Waals surface area contributed by atoms with E-state index in [-0.39, 0.29) is 12.5 Å². The number of amides is 1. The highest BCUT2D eigenvalue weighted by molar-refractivity contribution is 5.94. The van der Waals surface area contributed by atoms with Crippen molar-refractivity contribution < 1.29 is 14.1 Å². The topological polar surface area (TPSA) is 68.5 Å². The monoisotopic (exact) mass is 391 g/mol. The van der Waals surface area contributed by atoms with Gasteiger partial charge in [-0.3, -0.25) is 4.79 Å². The molecule has 1 amide bonds. The van der Waals surface area contributed by atoms with E-state index in [1.807, 2.05) is 35.2 Å². The third-order valence-corrected chi connectivity index (χ3v) is 5.31. The Morgan fingerprint density at radius 2 is 1.83 bits per heavy atom. The normalized spacial score (nSPS) is 14.7. The Morgan fingerprint density at radius 3 is 2.48 bits per heavy atom. The van der Waals surface area contributed by atoms with Crippen LogP contribution in [0.3, 0.4) is 0 Å². The van der Waals surface area contributed by atoms with Gasteiger partial charge in [0.15, 0.2) is 6.61 Å². The quantitative estimate of drug-likeness (QED) is 0.634. The maximum atomic E-state index is 12.8. The molecule has 0 atom stereocenters. The molecule has 1 fully saturated rings. The van der Waals surface area contributed by atoms with E-state index in [4.69, 9.17) is 9.26 Å². The number of benzene rings is 2. The summed E-state index contributed by atoms with van der Waals surface area (Å²) in [6.45, 7) is 3.60. The van der Waals surface area contributed by atoms with Crippen LogP contribution in [-0.4, -0.2) is 34.0 Å². The standard InChI is InChI=1S/C23H25N3O3/c1-17-24-22(25-29-17)16-28-21-9-7-20(8-10-21)23(27)26-13-11-19(12-14-26)15-18-5-3-2-4-6-18/h2-10,19H,11-16H2,1H3. The lowest BCUT2D eigenvalue weighted by molar-refractivity contribution is 0.0690. The largest absolute Gasteiger partial charge is 0.485 e. The fraction of sp³-hybridized carbons (Fsp3) is 0.348. The molecule has 150 valence electrons. The zero-order chi connectivity index (χ0) is 20.1. The van der Waals surface area contributed by atoms with E-state index >= 15 is 0 Å². The maximum absolute atomic E-state index is 12.8. The molecule has 1 aliphatic rings. The van der Waals surface area contributed by atoms with Gasteiger partial charge >= 0.3 is 0 Å². The van der Waals surface area contributed by atoms with Crippen molar-refractivity contribution in [3.63, 3.8) is 0 Å². The first-order valence-electron chi connectivity index (χ1n) is 10.0. The molecule has 4 rings (SSSR count). The molecule has 0 spiro atoms. The number of aromatic nitrogens is 2. The molecular weight excluding hydrogens is 366 g/mol. The van der Waals surface area contributed by atoms with Gasteiger partial charge in [-0.25, -0.2) is 0 Å². The summed E-state index contributed by atoms with van der Waals surface area (Å²) in [6, 6.07) is 17.8. The number of rotatable bonds is 6. The Morgan fingerprint density at radius 1 is 1.10 bits per heavy atom. The predicted octanol–water partition coefficient (Wildman–Crippen LogP) is 4.05. The van der Waals surface area contributed by atoms with Gasteiger partial charge in [-0.05, 0) is 55.0 Å². The van der Waals surface area contributed by atoms with Crippen molar-refractivity contribution in [2.24, 2.45) is 5.92 Å². The molecule has 2 heterocycles. The highest BCUT2D eigenvalue weighted by atomic mass is 16.5. The first kappa shape index (κ1) is 19.2. The van der Waals surface area contributed by atoms with Crippen LogP contribution in [0.25, 0.3) is 0 Å². The van der Waals surface area contributed by atoms with Crippen LogP contribution < -0.4 is 4.74 Å². The number of piperidine rings is 1. The zero-order valence-corrected chi connectivity index (χ0v) is 16.6. The number of ether oxygens (including phenoxy) is 1. The molecule has 1 aromatic heterocycles. The fourth-order valence-electron chi connectivity index (χ4n) is 3.71. The van der Waals surface area contributed by atoms with Crippen LogP contribution in [0.5, 0.6) is 5.75 Å². The molecule has 0 radical (unpaired) electrons. The second-order valence-corrected chi connectivity index (χ2v) is 7.47. The van der Waals surface area contributed by atoms with Crippen molar-refractivity contribution >= 4 is 5.91 Å². The number of hydrogen-bond acceptors (Lipinski definition) is 5. The van der Waals surface area contributed by atoms with Crippen molar-refractivity contribution in [2.75, 3.05) is 13.1 Å². The van der Waals surface area contributed by atoms with Crippen LogP contribution in [0.1, 0.15) is 40.5 Å². The molecule has 0 N–H and O–H groups in total. The molecule has 0 unspecified atom stereocenters. The van der Waals surface area contributed by atoms with E-state index in [9.17, 15) is 4.79 Å². The van der Waals surface area contributed by atoms with E-state index in [1.165, 1.54) is 5.56 Å². The minimum atomic E-state index is 0.0866. The Labute approximate surface area is 170 Å². The van der Waals surface area contributed by atoms with E-state index in [2.05, 4.69) is 34.4 Å². The average molecular weight is 391 g/mol. The number of hydrogen-bond donors (Lipinski definition) is 0. The molecule has 0 aliphatic carbocycles. The fourth-order valence-corrected chi connectivity index (χ4v) is 3.71. The van der Waals surface area contributed by atoms with E-state index in [0.717, 1.165) is 32.4 Å². The van der Waals surface area contributed by atoms with E-state index in [0.29, 0.717) is 28.9 Å². The predicted molar refractivity (Wildman–Crippen MR) is 109 cm³/mol. The summed E-state index contributed by atoms with van der Waals surface area (Å²) in [5, 5.41) is 3.80. The minimum absolute atomic E-state index is 0.0866. The highest BCUT2D eigenvalue weighted by Gasteiger charge is 2.23. The van der Waals surface area contributed by atoms with Gasteiger partial charge in [-0.2, -0.15) is 4.98 Å². The lowest BCUT2D eigenvalue weighted by Crippen LogP contribution is -2.38. The summed E-state index contributed by atoms with van der Waals surface area (Å²) in [4.78, 5) is 18.9. The van der Waals surface area contributed by atoms with Crippen LogP contribution in [0.2, 0.25) is 0 Å². The second-order valence-electron chi connectivity index (χ2n) is 7.47. The maximum Gasteiger partial charge on any atom is 0.253 e. The minimum Gasteiger partial charge on any atom is -0.485 e. The summed E-state index contributed by atoms with van der Waals surface area (Å²) in [7, 11) is 0. The molecule has 3 aromatic rings. The first-order valence-corrected chi connectivity index (χ1v) is 10.0. The molecule has 29 heavy (non-hydrogen) atoms. The summed E-state index contributed by atoms with van der Waals surface area (Å²) in [5.41, 5.74) is 2.07. The van der Waals surface area contributed by atoms with Gasteiger partial charge in [0.25, 0.3) is 5.91 Å². The molecule has 0 saturated carbocycles. The van der Waals surface area contributed by atoms with Crippen molar-refractivity contribution in [1.29, 1.82) is 0 Å². The zero-order valence-electron chi connectivity index (χ0n) is 16.6. The molecule has 6 heteroatoms. The van der Waals surface area contributed by atoms with Gasteiger partial charge in [0, 0.05) is 25.6 Å². The van der Waals surface area contributed by atoms with Crippen molar-refractivity contribution in [3.8, 4) is 5.75 Å². The third-order valence-electron chi connectivity index (χ3n) is 5.31. The van der Waals surface area contributed by atoms with E-state index < -0.39 is 0 Å². The molecule has 1 aliphatic heterocycles. The molecule has 1 saturated heterocycles.